The number of amides is 1. The van der Waals surface area contributed by atoms with Gasteiger partial charge in [-0.1, -0.05) is 36.4 Å². The van der Waals surface area contributed by atoms with Crippen molar-refractivity contribution in [1.29, 1.82) is 0 Å². The molecular weight excluding hydrogens is 248 g/mol. The largest absolute Gasteiger partial charge is 0.398 e. The molecule has 2 rings (SSSR count). The Kier molecular flexibility index (Phi) is 4.08. The second-order valence-electron chi connectivity index (χ2n) is 5.09. The van der Waals surface area contributed by atoms with Crippen molar-refractivity contribution in [2.24, 2.45) is 0 Å². The van der Waals surface area contributed by atoms with Gasteiger partial charge in [0.1, 0.15) is 0 Å². The van der Waals surface area contributed by atoms with Crippen LogP contribution in [0.4, 0.5) is 5.69 Å². The summed E-state index contributed by atoms with van der Waals surface area (Å²) in [6.45, 7) is 5.92. The molecule has 0 saturated heterocycles. The number of rotatable bonds is 3. The molecule has 0 radical (unpaired) electrons. The maximum Gasteiger partial charge on any atom is 0.254 e. The van der Waals surface area contributed by atoms with Gasteiger partial charge >= 0.3 is 0 Å². The van der Waals surface area contributed by atoms with Crippen LogP contribution >= 0.6 is 0 Å². The zero-order chi connectivity index (χ0) is 14.7. The number of carbonyl (C=O) groups excluding carboxylic acids is 1. The van der Waals surface area contributed by atoms with Gasteiger partial charge in [-0.15, -0.1) is 0 Å². The lowest BCUT2D eigenvalue weighted by Gasteiger charge is -2.18. The van der Waals surface area contributed by atoms with Crippen LogP contribution in [0.3, 0.4) is 0 Å². The quantitative estimate of drug-likeness (QED) is 0.838. The van der Waals surface area contributed by atoms with Crippen molar-refractivity contribution in [2.75, 3.05) is 5.73 Å². The van der Waals surface area contributed by atoms with Crippen molar-refractivity contribution >= 4 is 11.6 Å². The van der Waals surface area contributed by atoms with Gasteiger partial charge in [0, 0.05) is 5.69 Å². The first kappa shape index (κ1) is 14.1. The molecule has 2 aromatic carbocycles. The van der Waals surface area contributed by atoms with Gasteiger partial charge in [0.15, 0.2) is 0 Å². The van der Waals surface area contributed by atoms with Crippen molar-refractivity contribution < 1.29 is 4.79 Å². The zero-order valence-electron chi connectivity index (χ0n) is 12.1. The molecule has 0 fully saturated rings. The van der Waals surface area contributed by atoms with Gasteiger partial charge in [-0.25, -0.2) is 0 Å². The summed E-state index contributed by atoms with van der Waals surface area (Å²) in [6, 6.07) is 13.5. The summed E-state index contributed by atoms with van der Waals surface area (Å²) in [7, 11) is 0. The third-order valence-corrected chi connectivity index (χ3v) is 3.53. The Morgan fingerprint density at radius 2 is 1.70 bits per heavy atom. The molecule has 1 unspecified atom stereocenters. The van der Waals surface area contributed by atoms with E-state index < -0.39 is 0 Å². The lowest BCUT2D eigenvalue weighted by atomic mass is 10.0. The Bertz CT molecular complexity index is 614. The fraction of sp³-hybridized carbons (Fsp3) is 0.235. The maximum absolute atomic E-state index is 12.4. The summed E-state index contributed by atoms with van der Waals surface area (Å²) in [5, 5.41) is 3.02. The molecule has 1 amide bonds. The van der Waals surface area contributed by atoms with Crippen LogP contribution in [0.15, 0.2) is 42.5 Å². The first-order chi connectivity index (χ1) is 9.50. The molecule has 3 nitrogen and oxygen atoms in total. The maximum atomic E-state index is 12.4. The van der Waals surface area contributed by atoms with Crippen molar-refractivity contribution in [2.45, 2.75) is 26.8 Å². The van der Waals surface area contributed by atoms with Crippen LogP contribution in [0.25, 0.3) is 0 Å². The van der Waals surface area contributed by atoms with Gasteiger partial charge in [0.05, 0.1) is 11.6 Å². The summed E-state index contributed by atoms with van der Waals surface area (Å²) in [4.78, 5) is 12.4. The van der Waals surface area contributed by atoms with Crippen LogP contribution in [0.2, 0.25) is 0 Å². The summed E-state index contributed by atoms with van der Waals surface area (Å²) >= 11 is 0. The fourth-order valence-electron chi connectivity index (χ4n) is 2.42. The number of nitrogens with two attached hydrogens (primary N) is 1. The molecule has 0 aromatic heterocycles. The Labute approximate surface area is 119 Å². The van der Waals surface area contributed by atoms with Crippen LogP contribution in [0.1, 0.15) is 40.0 Å². The van der Waals surface area contributed by atoms with Crippen molar-refractivity contribution in [1.82, 2.24) is 5.32 Å². The number of anilines is 1. The molecule has 2 aromatic rings. The molecule has 3 heteroatoms. The molecule has 0 heterocycles. The van der Waals surface area contributed by atoms with E-state index in [2.05, 4.69) is 5.32 Å². The predicted octanol–water partition coefficient (Wildman–Crippen LogP) is 3.38. The molecule has 0 aliphatic heterocycles. The Morgan fingerprint density at radius 1 is 1.05 bits per heavy atom. The van der Waals surface area contributed by atoms with E-state index in [-0.39, 0.29) is 11.9 Å². The summed E-state index contributed by atoms with van der Waals surface area (Å²) in [5.41, 5.74) is 10.2. The van der Waals surface area contributed by atoms with Crippen molar-refractivity contribution in [3.8, 4) is 0 Å². The molecule has 104 valence electrons. The van der Waals surface area contributed by atoms with E-state index in [0.29, 0.717) is 11.3 Å². The zero-order valence-corrected chi connectivity index (χ0v) is 12.1. The molecular formula is C17H20N2O. The third kappa shape index (κ3) is 2.82. The van der Waals surface area contributed by atoms with Crippen LogP contribution in [-0.4, -0.2) is 5.91 Å². The van der Waals surface area contributed by atoms with E-state index in [1.807, 2.05) is 57.2 Å². The summed E-state index contributed by atoms with van der Waals surface area (Å²) in [5.74, 6) is -0.128. The molecule has 0 spiro atoms. The highest BCUT2D eigenvalue weighted by atomic mass is 16.1. The molecule has 0 bridgehead atoms. The number of benzene rings is 2. The average Bonchev–Trinajstić information content (AvgIpc) is 2.38. The van der Waals surface area contributed by atoms with Crippen molar-refractivity contribution in [3.63, 3.8) is 0 Å². The molecule has 20 heavy (non-hydrogen) atoms. The van der Waals surface area contributed by atoms with Gasteiger partial charge in [0.25, 0.3) is 5.91 Å². The minimum absolute atomic E-state index is 0.0530. The first-order valence-corrected chi connectivity index (χ1v) is 6.72. The standard InChI is InChI=1S/C17H20N2O/c1-11-7-4-5-9-14(11)13(3)19-17(20)16-12(2)8-6-10-15(16)18/h4-10,13H,18H2,1-3H3,(H,19,20). The van der Waals surface area contributed by atoms with E-state index in [9.17, 15) is 4.79 Å². The summed E-state index contributed by atoms with van der Waals surface area (Å²) < 4.78 is 0. The number of aryl methyl sites for hydroxylation is 2. The number of nitrogen functional groups attached to an aromatic ring is 1. The fourth-order valence-corrected chi connectivity index (χ4v) is 2.42. The molecule has 1 atom stereocenters. The van der Waals surface area contributed by atoms with E-state index in [0.717, 1.165) is 16.7 Å². The van der Waals surface area contributed by atoms with E-state index in [1.54, 1.807) is 6.07 Å². The van der Waals surface area contributed by atoms with E-state index in [4.69, 9.17) is 5.73 Å². The van der Waals surface area contributed by atoms with Gasteiger partial charge < -0.3 is 11.1 Å². The molecule has 0 aliphatic rings. The van der Waals surface area contributed by atoms with Crippen LogP contribution in [-0.2, 0) is 0 Å². The highest BCUT2D eigenvalue weighted by molar-refractivity contribution is 6.00. The number of hydrogen-bond donors (Lipinski definition) is 2. The SMILES string of the molecule is Cc1ccccc1C(C)NC(=O)c1c(C)cccc1N. The minimum atomic E-state index is -0.128. The van der Waals surface area contributed by atoms with Crippen LogP contribution < -0.4 is 11.1 Å². The second kappa shape index (κ2) is 5.78. The highest BCUT2D eigenvalue weighted by Crippen LogP contribution is 2.20. The first-order valence-electron chi connectivity index (χ1n) is 6.72. The third-order valence-electron chi connectivity index (χ3n) is 3.53. The number of carbonyl (C=O) groups is 1. The Morgan fingerprint density at radius 3 is 2.35 bits per heavy atom. The molecule has 3 N–H and O–H groups in total. The van der Waals surface area contributed by atoms with Gasteiger partial charge in [-0.05, 0) is 43.5 Å². The summed E-state index contributed by atoms with van der Waals surface area (Å²) in [6.07, 6.45) is 0. The smallest absolute Gasteiger partial charge is 0.254 e. The topological polar surface area (TPSA) is 55.1 Å². The molecule has 0 saturated carbocycles. The Balaban J connectivity index is 2.22. The highest BCUT2D eigenvalue weighted by Gasteiger charge is 2.16. The molecule has 0 aliphatic carbocycles. The van der Waals surface area contributed by atoms with Gasteiger partial charge in [-0.3, -0.25) is 4.79 Å². The van der Waals surface area contributed by atoms with E-state index >= 15 is 0 Å². The van der Waals surface area contributed by atoms with Gasteiger partial charge in [0.2, 0.25) is 0 Å². The predicted molar refractivity (Wildman–Crippen MR) is 82.7 cm³/mol. The number of hydrogen-bond acceptors (Lipinski definition) is 2. The lowest BCUT2D eigenvalue weighted by Crippen LogP contribution is -2.28. The van der Waals surface area contributed by atoms with Gasteiger partial charge in [-0.2, -0.15) is 0 Å². The second-order valence-corrected chi connectivity index (χ2v) is 5.09. The lowest BCUT2D eigenvalue weighted by molar-refractivity contribution is 0.0940. The number of nitrogens with one attached hydrogen (secondary N) is 1. The average molecular weight is 268 g/mol. The van der Waals surface area contributed by atoms with Crippen LogP contribution in [0, 0.1) is 13.8 Å². The van der Waals surface area contributed by atoms with E-state index in [1.165, 1.54) is 0 Å². The van der Waals surface area contributed by atoms with Crippen molar-refractivity contribution in [3.05, 3.63) is 64.7 Å². The Hall–Kier alpha value is -2.29. The minimum Gasteiger partial charge on any atom is -0.398 e. The monoisotopic (exact) mass is 268 g/mol. The van der Waals surface area contributed by atoms with Crippen LogP contribution in [0.5, 0.6) is 0 Å². The normalized spacial score (nSPS) is 11.9.